The third-order valence-electron chi connectivity index (χ3n) is 4.38. The first kappa shape index (κ1) is 12.6. The lowest BCUT2D eigenvalue weighted by atomic mass is 9.76. The number of hydrogen-bond acceptors (Lipinski definition) is 1. The summed E-state index contributed by atoms with van der Waals surface area (Å²) in [6, 6.07) is 4.59. The molecule has 0 fully saturated rings. The van der Waals surface area contributed by atoms with E-state index in [4.69, 9.17) is 0 Å². The van der Waals surface area contributed by atoms with Crippen molar-refractivity contribution in [2.75, 3.05) is 13.6 Å². The van der Waals surface area contributed by atoms with Gasteiger partial charge in [0.1, 0.15) is 0 Å². The number of likely N-dealkylation sites (N-methyl/N-ethyl adjacent to an activating group) is 1. The molecular weight excluding hydrogens is 206 g/mol. The number of benzene rings is 1. The molecule has 1 aromatic rings. The summed E-state index contributed by atoms with van der Waals surface area (Å²) < 4.78 is 0. The Morgan fingerprint density at radius 1 is 1.24 bits per heavy atom. The van der Waals surface area contributed by atoms with Crippen molar-refractivity contribution < 1.29 is 0 Å². The Morgan fingerprint density at radius 3 is 2.59 bits per heavy atom. The Labute approximate surface area is 106 Å². The van der Waals surface area contributed by atoms with Crippen LogP contribution in [0.2, 0.25) is 0 Å². The maximum atomic E-state index is 3.42. The van der Waals surface area contributed by atoms with Gasteiger partial charge in [0.05, 0.1) is 0 Å². The standard InChI is InChI=1S/C16H25N/c1-5-9-16(11-17-4)10-8-14-12(2)6-7-13(3)15(14)16/h6-7,17H,5,8-11H2,1-4H3. The van der Waals surface area contributed by atoms with E-state index in [0.29, 0.717) is 5.41 Å². The van der Waals surface area contributed by atoms with Gasteiger partial charge in [0, 0.05) is 12.0 Å². The third-order valence-corrected chi connectivity index (χ3v) is 4.38. The Balaban J connectivity index is 2.52. The second-order valence-electron chi connectivity index (χ2n) is 5.61. The summed E-state index contributed by atoms with van der Waals surface area (Å²) in [5.74, 6) is 0. The molecule has 1 aromatic carbocycles. The zero-order valence-corrected chi connectivity index (χ0v) is 11.7. The molecule has 0 amide bonds. The van der Waals surface area contributed by atoms with Crippen LogP contribution in [0.4, 0.5) is 0 Å². The van der Waals surface area contributed by atoms with Crippen molar-refractivity contribution >= 4 is 0 Å². The van der Waals surface area contributed by atoms with E-state index in [9.17, 15) is 0 Å². The number of rotatable bonds is 4. The summed E-state index contributed by atoms with van der Waals surface area (Å²) >= 11 is 0. The normalized spacial score (nSPS) is 22.8. The average Bonchev–Trinajstić information content (AvgIpc) is 2.66. The molecule has 0 aromatic heterocycles. The van der Waals surface area contributed by atoms with E-state index < -0.39 is 0 Å². The van der Waals surface area contributed by atoms with Crippen molar-refractivity contribution in [3.63, 3.8) is 0 Å². The van der Waals surface area contributed by atoms with E-state index in [1.54, 1.807) is 11.1 Å². The van der Waals surface area contributed by atoms with Gasteiger partial charge >= 0.3 is 0 Å². The molecule has 2 rings (SSSR count). The predicted octanol–water partition coefficient (Wildman–Crippen LogP) is 3.51. The minimum absolute atomic E-state index is 0.398. The van der Waals surface area contributed by atoms with Crippen molar-refractivity contribution in [1.82, 2.24) is 5.32 Å². The van der Waals surface area contributed by atoms with Gasteiger partial charge in [-0.05, 0) is 62.4 Å². The highest BCUT2D eigenvalue weighted by Crippen LogP contribution is 2.44. The highest BCUT2D eigenvalue weighted by Gasteiger charge is 2.38. The fourth-order valence-electron chi connectivity index (χ4n) is 3.75. The Bertz CT molecular complexity index is 400. The molecule has 1 heteroatoms. The topological polar surface area (TPSA) is 12.0 Å². The molecule has 0 saturated carbocycles. The molecule has 1 unspecified atom stereocenters. The molecule has 1 nitrogen and oxygen atoms in total. The highest BCUT2D eigenvalue weighted by atomic mass is 14.8. The Morgan fingerprint density at radius 2 is 1.94 bits per heavy atom. The zero-order valence-electron chi connectivity index (χ0n) is 11.7. The van der Waals surface area contributed by atoms with Gasteiger partial charge in [-0.15, -0.1) is 0 Å². The van der Waals surface area contributed by atoms with Crippen LogP contribution in [0.1, 0.15) is 48.4 Å². The molecule has 0 bridgehead atoms. The molecule has 0 saturated heterocycles. The van der Waals surface area contributed by atoms with Crippen LogP contribution in [0.25, 0.3) is 0 Å². The molecule has 1 atom stereocenters. The van der Waals surface area contributed by atoms with Crippen LogP contribution >= 0.6 is 0 Å². The quantitative estimate of drug-likeness (QED) is 0.836. The van der Waals surface area contributed by atoms with Crippen LogP contribution in [0, 0.1) is 13.8 Å². The minimum atomic E-state index is 0.398. The van der Waals surface area contributed by atoms with Gasteiger partial charge in [-0.2, -0.15) is 0 Å². The highest BCUT2D eigenvalue weighted by molar-refractivity contribution is 5.49. The van der Waals surface area contributed by atoms with Crippen LogP contribution in [0.15, 0.2) is 12.1 Å². The molecule has 0 aliphatic heterocycles. The smallest absolute Gasteiger partial charge is 0.00861 e. The fraction of sp³-hybridized carbons (Fsp3) is 0.625. The van der Waals surface area contributed by atoms with E-state index in [0.717, 1.165) is 6.54 Å². The average molecular weight is 231 g/mol. The summed E-state index contributed by atoms with van der Waals surface area (Å²) in [6.07, 6.45) is 5.17. The van der Waals surface area contributed by atoms with Crippen LogP contribution in [0.3, 0.4) is 0 Å². The summed E-state index contributed by atoms with van der Waals surface area (Å²) in [7, 11) is 2.08. The zero-order chi connectivity index (χ0) is 12.5. The van der Waals surface area contributed by atoms with Crippen LogP contribution in [-0.2, 0) is 11.8 Å². The van der Waals surface area contributed by atoms with Crippen molar-refractivity contribution in [1.29, 1.82) is 0 Å². The number of fused-ring (bicyclic) bond motifs is 1. The minimum Gasteiger partial charge on any atom is -0.319 e. The molecule has 0 spiro atoms. The summed E-state index contributed by atoms with van der Waals surface area (Å²) in [5.41, 5.74) is 6.67. The fourth-order valence-corrected chi connectivity index (χ4v) is 3.75. The molecule has 17 heavy (non-hydrogen) atoms. The van der Waals surface area contributed by atoms with Gasteiger partial charge in [0.25, 0.3) is 0 Å². The van der Waals surface area contributed by atoms with E-state index in [1.165, 1.54) is 36.8 Å². The molecule has 1 aliphatic rings. The van der Waals surface area contributed by atoms with Gasteiger partial charge in [-0.3, -0.25) is 0 Å². The Kier molecular flexibility index (Phi) is 3.58. The van der Waals surface area contributed by atoms with Crippen molar-refractivity contribution in [2.24, 2.45) is 0 Å². The van der Waals surface area contributed by atoms with Crippen LogP contribution in [-0.4, -0.2) is 13.6 Å². The molecule has 94 valence electrons. The second kappa shape index (κ2) is 4.81. The molecule has 1 N–H and O–H groups in total. The van der Waals surface area contributed by atoms with Crippen LogP contribution in [0.5, 0.6) is 0 Å². The maximum absolute atomic E-state index is 3.42. The third kappa shape index (κ3) is 2.01. The lowest BCUT2D eigenvalue weighted by Crippen LogP contribution is -2.35. The summed E-state index contributed by atoms with van der Waals surface area (Å²) in [5, 5.41) is 3.42. The van der Waals surface area contributed by atoms with E-state index >= 15 is 0 Å². The molecular formula is C16H25N. The van der Waals surface area contributed by atoms with E-state index in [2.05, 4.69) is 45.3 Å². The molecule has 1 aliphatic carbocycles. The van der Waals surface area contributed by atoms with Crippen LogP contribution < -0.4 is 5.32 Å². The Hall–Kier alpha value is -0.820. The van der Waals surface area contributed by atoms with Gasteiger partial charge in [0.15, 0.2) is 0 Å². The number of hydrogen-bond donors (Lipinski definition) is 1. The lowest BCUT2D eigenvalue weighted by molar-refractivity contribution is 0.371. The lowest BCUT2D eigenvalue weighted by Gasteiger charge is -2.31. The SMILES string of the molecule is CCCC1(CNC)CCc2c(C)ccc(C)c21. The molecule has 0 radical (unpaired) electrons. The van der Waals surface area contributed by atoms with Crippen molar-refractivity contribution in [3.05, 3.63) is 34.4 Å². The number of aryl methyl sites for hydroxylation is 2. The van der Waals surface area contributed by atoms with Gasteiger partial charge in [-0.25, -0.2) is 0 Å². The first-order valence-electron chi connectivity index (χ1n) is 6.89. The van der Waals surface area contributed by atoms with Crippen molar-refractivity contribution in [2.45, 2.75) is 51.9 Å². The largest absolute Gasteiger partial charge is 0.319 e. The van der Waals surface area contributed by atoms with Gasteiger partial charge in [0.2, 0.25) is 0 Å². The van der Waals surface area contributed by atoms with Gasteiger partial charge in [-0.1, -0.05) is 25.5 Å². The number of nitrogens with one attached hydrogen (secondary N) is 1. The summed E-state index contributed by atoms with van der Waals surface area (Å²) in [6.45, 7) is 7.97. The van der Waals surface area contributed by atoms with Crippen molar-refractivity contribution in [3.8, 4) is 0 Å². The monoisotopic (exact) mass is 231 g/mol. The predicted molar refractivity (Wildman–Crippen MR) is 74.7 cm³/mol. The first-order chi connectivity index (χ1) is 8.14. The second-order valence-corrected chi connectivity index (χ2v) is 5.61. The molecule has 0 heterocycles. The summed E-state index contributed by atoms with van der Waals surface area (Å²) in [4.78, 5) is 0. The van der Waals surface area contributed by atoms with E-state index in [-0.39, 0.29) is 0 Å². The first-order valence-corrected chi connectivity index (χ1v) is 6.89. The van der Waals surface area contributed by atoms with Gasteiger partial charge < -0.3 is 5.32 Å². The van der Waals surface area contributed by atoms with E-state index in [1.807, 2.05) is 0 Å². The maximum Gasteiger partial charge on any atom is 0.00861 e.